The zero-order chi connectivity index (χ0) is 16.9. The number of piperidine rings is 1. The standard InChI is InChI=1S/C16H20N6O2/c1-2-21-10-6-9-13(15(21)23)18-16(24)19-14-11-17-22(20-14)12-7-4-3-5-8-12/h3-5,7-8,11,13H,2,6,9-10H2,1H3,(H2,18,19,20,24). The minimum Gasteiger partial charge on any atom is -0.341 e. The Morgan fingerprint density at radius 1 is 1.33 bits per heavy atom. The molecule has 0 radical (unpaired) electrons. The molecule has 2 heterocycles. The van der Waals surface area contributed by atoms with Crippen LogP contribution in [0.15, 0.2) is 36.5 Å². The summed E-state index contributed by atoms with van der Waals surface area (Å²) >= 11 is 0. The minimum atomic E-state index is -0.483. The number of para-hydroxylation sites is 1. The molecule has 1 aromatic heterocycles. The van der Waals surface area contributed by atoms with Gasteiger partial charge in [-0.15, -0.1) is 9.90 Å². The van der Waals surface area contributed by atoms with Crippen molar-refractivity contribution in [2.75, 3.05) is 18.4 Å². The van der Waals surface area contributed by atoms with Crippen LogP contribution in [0.25, 0.3) is 5.69 Å². The Balaban J connectivity index is 1.59. The maximum absolute atomic E-state index is 12.2. The number of anilines is 1. The molecule has 1 unspecified atom stereocenters. The lowest BCUT2D eigenvalue weighted by atomic mass is 10.1. The molecule has 1 atom stereocenters. The Kier molecular flexibility index (Phi) is 4.74. The van der Waals surface area contributed by atoms with Gasteiger partial charge in [-0.2, -0.15) is 5.10 Å². The molecule has 1 aliphatic heterocycles. The Morgan fingerprint density at radius 2 is 2.12 bits per heavy atom. The van der Waals surface area contributed by atoms with Crippen LogP contribution < -0.4 is 10.6 Å². The SMILES string of the molecule is CCN1CCCC(NC(=O)Nc2cnn(-c3ccccc3)n2)C1=O. The zero-order valence-corrected chi connectivity index (χ0v) is 13.5. The lowest BCUT2D eigenvalue weighted by molar-refractivity contribution is -0.135. The van der Waals surface area contributed by atoms with Crippen LogP contribution >= 0.6 is 0 Å². The van der Waals surface area contributed by atoms with Gasteiger partial charge in [-0.05, 0) is 31.9 Å². The number of urea groups is 1. The number of hydrogen-bond donors (Lipinski definition) is 2. The normalized spacial score (nSPS) is 17.6. The van der Waals surface area contributed by atoms with Crippen molar-refractivity contribution in [1.82, 2.24) is 25.2 Å². The van der Waals surface area contributed by atoms with E-state index < -0.39 is 12.1 Å². The maximum atomic E-state index is 12.2. The molecule has 2 N–H and O–H groups in total. The van der Waals surface area contributed by atoms with Crippen molar-refractivity contribution in [3.8, 4) is 5.69 Å². The predicted molar refractivity (Wildman–Crippen MR) is 88.8 cm³/mol. The largest absolute Gasteiger partial charge is 0.341 e. The van der Waals surface area contributed by atoms with Crippen LogP contribution in [0.2, 0.25) is 0 Å². The number of likely N-dealkylation sites (N-methyl/N-ethyl adjacent to an activating group) is 1. The second-order valence-electron chi connectivity index (χ2n) is 5.57. The van der Waals surface area contributed by atoms with Crippen molar-refractivity contribution in [2.45, 2.75) is 25.8 Å². The van der Waals surface area contributed by atoms with Crippen molar-refractivity contribution < 1.29 is 9.59 Å². The highest BCUT2D eigenvalue weighted by Gasteiger charge is 2.28. The molecule has 1 fully saturated rings. The van der Waals surface area contributed by atoms with Crippen LogP contribution in [-0.4, -0.2) is 51.0 Å². The number of nitrogens with zero attached hydrogens (tertiary/aromatic N) is 4. The summed E-state index contributed by atoms with van der Waals surface area (Å²) in [7, 11) is 0. The zero-order valence-electron chi connectivity index (χ0n) is 13.5. The van der Waals surface area contributed by atoms with E-state index >= 15 is 0 Å². The second-order valence-corrected chi connectivity index (χ2v) is 5.57. The summed E-state index contributed by atoms with van der Waals surface area (Å²) in [4.78, 5) is 27.5. The number of aromatic nitrogens is 3. The second kappa shape index (κ2) is 7.12. The number of likely N-dealkylation sites (tertiary alicyclic amines) is 1. The van der Waals surface area contributed by atoms with E-state index in [1.54, 1.807) is 4.90 Å². The molecule has 0 saturated carbocycles. The molecular formula is C16H20N6O2. The van der Waals surface area contributed by atoms with E-state index in [0.717, 1.165) is 18.7 Å². The number of benzene rings is 1. The topological polar surface area (TPSA) is 92.2 Å². The summed E-state index contributed by atoms with van der Waals surface area (Å²) in [6.07, 6.45) is 3.00. The predicted octanol–water partition coefficient (Wildman–Crippen LogP) is 1.40. The monoisotopic (exact) mass is 328 g/mol. The van der Waals surface area contributed by atoms with E-state index in [0.29, 0.717) is 18.8 Å². The van der Waals surface area contributed by atoms with Crippen molar-refractivity contribution in [3.05, 3.63) is 36.5 Å². The van der Waals surface area contributed by atoms with Gasteiger partial charge in [0.15, 0.2) is 5.82 Å². The first-order chi connectivity index (χ1) is 11.7. The summed E-state index contributed by atoms with van der Waals surface area (Å²) in [6.45, 7) is 3.34. The molecule has 1 aliphatic rings. The summed E-state index contributed by atoms with van der Waals surface area (Å²) < 4.78 is 0. The molecule has 0 spiro atoms. The lowest BCUT2D eigenvalue weighted by Gasteiger charge is -2.31. The van der Waals surface area contributed by atoms with Crippen molar-refractivity contribution >= 4 is 17.8 Å². The lowest BCUT2D eigenvalue weighted by Crippen LogP contribution is -2.53. The molecule has 1 aromatic carbocycles. The molecule has 126 valence electrons. The summed E-state index contributed by atoms with van der Waals surface area (Å²) in [5.41, 5.74) is 0.798. The van der Waals surface area contributed by atoms with Crippen LogP contribution in [0.1, 0.15) is 19.8 Å². The van der Waals surface area contributed by atoms with Gasteiger partial charge in [0.25, 0.3) is 0 Å². The molecule has 3 rings (SSSR count). The third kappa shape index (κ3) is 3.53. The van der Waals surface area contributed by atoms with Gasteiger partial charge in [-0.1, -0.05) is 18.2 Å². The average Bonchev–Trinajstić information content (AvgIpc) is 3.06. The van der Waals surface area contributed by atoms with Gasteiger partial charge in [-0.3, -0.25) is 10.1 Å². The van der Waals surface area contributed by atoms with Gasteiger partial charge in [0.05, 0.1) is 11.9 Å². The molecular weight excluding hydrogens is 308 g/mol. The molecule has 0 bridgehead atoms. The van der Waals surface area contributed by atoms with E-state index in [9.17, 15) is 9.59 Å². The van der Waals surface area contributed by atoms with E-state index in [1.807, 2.05) is 37.3 Å². The minimum absolute atomic E-state index is 0.0353. The van der Waals surface area contributed by atoms with E-state index in [1.165, 1.54) is 11.0 Å². The smallest absolute Gasteiger partial charge is 0.321 e. The number of carbonyl (C=O) groups is 2. The average molecular weight is 328 g/mol. The van der Waals surface area contributed by atoms with Gasteiger partial charge in [0.1, 0.15) is 6.04 Å². The first-order valence-corrected chi connectivity index (χ1v) is 8.01. The number of carbonyl (C=O) groups excluding carboxylic acids is 2. The fraction of sp³-hybridized carbons (Fsp3) is 0.375. The van der Waals surface area contributed by atoms with Crippen LogP contribution in [0.3, 0.4) is 0 Å². The van der Waals surface area contributed by atoms with Crippen LogP contribution in [0, 0.1) is 0 Å². The van der Waals surface area contributed by atoms with E-state index in [4.69, 9.17) is 0 Å². The van der Waals surface area contributed by atoms with Crippen LogP contribution in [-0.2, 0) is 4.79 Å². The quantitative estimate of drug-likeness (QED) is 0.887. The third-order valence-electron chi connectivity index (χ3n) is 3.94. The first-order valence-electron chi connectivity index (χ1n) is 8.01. The number of amides is 3. The highest BCUT2D eigenvalue weighted by molar-refractivity contribution is 5.93. The fourth-order valence-corrected chi connectivity index (χ4v) is 2.70. The number of rotatable bonds is 4. The van der Waals surface area contributed by atoms with Gasteiger partial charge in [0.2, 0.25) is 5.91 Å². The molecule has 3 amide bonds. The van der Waals surface area contributed by atoms with E-state index in [2.05, 4.69) is 20.8 Å². The van der Waals surface area contributed by atoms with Gasteiger partial charge >= 0.3 is 6.03 Å². The van der Waals surface area contributed by atoms with Crippen LogP contribution in [0.4, 0.5) is 10.6 Å². The Morgan fingerprint density at radius 3 is 2.88 bits per heavy atom. The Labute approximate surface area is 139 Å². The highest BCUT2D eigenvalue weighted by atomic mass is 16.2. The first kappa shape index (κ1) is 16.0. The van der Waals surface area contributed by atoms with Gasteiger partial charge in [-0.25, -0.2) is 4.79 Å². The van der Waals surface area contributed by atoms with Crippen molar-refractivity contribution in [1.29, 1.82) is 0 Å². The van der Waals surface area contributed by atoms with E-state index in [-0.39, 0.29) is 5.91 Å². The van der Waals surface area contributed by atoms with Crippen molar-refractivity contribution in [2.24, 2.45) is 0 Å². The molecule has 0 aliphatic carbocycles. The molecule has 2 aromatic rings. The molecule has 8 heteroatoms. The molecule has 1 saturated heterocycles. The highest BCUT2D eigenvalue weighted by Crippen LogP contribution is 2.12. The molecule has 8 nitrogen and oxygen atoms in total. The number of nitrogens with one attached hydrogen (secondary N) is 2. The molecule has 24 heavy (non-hydrogen) atoms. The summed E-state index contributed by atoms with van der Waals surface area (Å²) in [5, 5.41) is 13.6. The maximum Gasteiger partial charge on any atom is 0.321 e. The fourth-order valence-electron chi connectivity index (χ4n) is 2.70. The Hall–Kier alpha value is -2.90. The van der Waals surface area contributed by atoms with Gasteiger partial charge < -0.3 is 10.2 Å². The summed E-state index contributed by atoms with van der Waals surface area (Å²) in [5.74, 6) is 0.291. The van der Waals surface area contributed by atoms with Gasteiger partial charge in [0, 0.05) is 13.1 Å². The van der Waals surface area contributed by atoms with Crippen molar-refractivity contribution in [3.63, 3.8) is 0 Å². The number of hydrogen-bond acceptors (Lipinski definition) is 4. The third-order valence-corrected chi connectivity index (χ3v) is 3.94. The summed E-state index contributed by atoms with van der Waals surface area (Å²) in [6, 6.07) is 8.46. The Bertz CT molecular complexity index is 714. The van der Waals surface area contributed by atoms with Crippen LogP contribution in [0.5, 0.6) is 0 Å².